The van der Waals surface area contributed by atoms with Crippen LogP contribution in [0.25, 0.3) is 11.3 Å². The van der Waals surface area contributed by atoms with Crippen LogP contribution in [0.15, 0.2) is 30.3 Å². The molecule has 1 atom stereocenters. The van der Waals surface area contributed by atoms with E-state index in [1.165, 1.54) is 4.88 Å². The molecule has 0 aliphatic rings. The number of hydrogen-bond donors (Lipinski definition) is 1. The number of nitrogens with zero attached hydrogens (tertiary/aromatic N) is 1. The number of rotatable bonds is 7. The number of thiazole rings is 1. The molecular formula is C17H24N2OS. The summed E-state index contributed by atoms with van der Waals surface area (Å²) in [5, 5.41) is 1.05. The van der Waals surface area contributed by atoms with Gasteiger partial charge in [0.05, 0.1) is 5.69 Å². The van der Waals surface area contributed by atoms with Gasteiger partial charge < -0.3 is 10.5 Å². The summed E-state index contributed by atoms with van der Waals surface area (Å²) in [5.74, 6) is 0. The van der Waals surface area contributed by atoms with Crippen molar-refractivity contribution in [3.63, 3.8) is 0 Å². The summed E-state index contributed by atoms with van der Waals surface area (Å²) in [6.07, 6.45) is 1.76. The van der Waals surface area contributed by atoms with Crippen LogP contribution in [0.2, 0.25) is 0 Å². The molecule has 1 heterocycles. The van der Waals surface area contributed by atoms with E-state index in [0.29, 0.717) is 13.2 Å². The van der Waals surface area contributed by atoms with Gasteiger partial charge in [-0.2, -0.15) is 0 Å². The average molecular weight is 304 g/mol. The van der Waals surface area contributed by atoms with E-state index in [1.807, 2.05) is 25.1 Å². The lowest BCUT2D eigenvalue weighted by Gasteiger charge is -2.25. The topological polar surface area (TPSA) is 48.1 Å². The largest absolute Gasteiger partial charge is 0.368 e. The molecule has 114 valence electrons. The van der Waals surface area contributed by atoms with Crippen molar-refractivity contribution in [1.82, 2.24) is 4.98 Å². The minimum atomic E-state index is -0.310. The van der Waals surface area contributed by atoms with Crippen molar-refractivity contribution in [1.29, 1.82) is 0 Å². The fourth-order valence-electron chi connectivity index (χ4n) is 2.33. The molecule has 0 aliphatic carbocycles. The normalized spacial score (nSPS) is 14.1. The SMILES string of the molecule is CCOC(C)(CC)c1nc(-c2ccccc2)c(CCN)s1. The molecule has 0 saturated heterocycles. The maximum Gasteiger partial charge on any atom is 0.125 e. The summed E-state index contributed by atoms with van der Waals surface area (Å²) in [5.41, 5.74) is 7.66. The van der Waals surface area contributed by atoms with E-state index in [9.17, 15) is 0 Å². The number of nitrogens with two attached hydrogens (primary N) is 1. The molecule has 0 radical (unpaired) electrons. The number of benzene rings is 1. The minimum absolute atomic E-state index is 0.310. The summed E-state index contributed by atoms with van der Waals surface area (Å²) >= 11 is 1.73. The molecule has 1 aromatic heterocycles. The van der Waals surface area contributed by atoms with E-state index in [4.69, 9.17) is 15.5 Å². The van der Waals surface area contributed by atoms with Gasteiger partial charge in [0.15, 0.2) is 0 Å². The summed E-state index contributed by atoms with van der Waals surface area (Å²) in [4.78, 5) is 6.15. The van der Waals surface area contributed by atoms with Crippen molar-refractivity contribution in [2.75, 3.05) is 13.2 Å². The Morgan fingerprint density at radius 3 is 2.52 bits per heavy atom. The Kier molecular flexibility index (Phi) is 5.51. The van der Waals surface area contributed by atoms with Gasteiger partial charge in [0.25, 0.3) is 0 Å². The molecular weight excluding hydrogens is 280 g/mol. The van der Waals surface area contributed by atoms with Gasteiger partial charge >= 0.3 is 0 Å². The molecule has 0 saturated carbocycles. The first-order valence-electron chi connectivity index (χ1n) is 7.54. The number of aromatic nitrogens is 1. The third-order valence-electron chi connectivity index (χ3n) is 3.71. The van der Waals surface area contributed by atoms with Crippen molar-refractivity contribution >= 4 is 11.3 Å². The zero-order valence-electron chi connectivity index (χ0n) is 13.1. The Hall–Kier alpha value is -1.23. The standard InChI is InChI=1S/C17H24N2OS/c1-4-17(3,20-5-2)16-19-15(14(21-16)11-12-18)13-9-7-6-8-10-13/h6-10H,4-5,11-12,18H2,1-3H3. The maximum atomic E-state index is 5.96. The van der Waals surface area contributed by atoms with E-state index in [0.717, 1.165) is 29.1 Å². The molecule has 1 unspecified atom stereocenters. The summed E-state index contributed by atoms with van der Waals surface area (Å²) in [6.45, 7) is 7.62. The second kappa shape index (κ2) is 7.16. The van der Waals surface area contributed by atoms with E-state index in [2.05, 4.69) is 26.0 Å². The van der Waals surface area contributed by atoms with Gasteiger partial charge in [0, 0.05) is 17.0 Å². The van der Waals surface area contributed by atoms with Crippen LogP contribution >= 0.6 is 11.3 Å². The van der Waals surface area contributed by atoms with Crippen LogP contribution in [0.1, 0.15) is 37.1 Å². The molecule has 0 bridgehead atoms. The van der Waals surface area contributed by atoms with Crippen molar-refractivity contribution in [2.45, 2.75) is 39.2 Å². The quantitative estimate of drug-likeness (QED) is 0.842. The maximum absolute atomic E-state index is 5.96. The van der Waals surface area contributed by atoms with Crippen LogP contribution < -0.4 is 5.73 Å². The number of hydrogen-bond acceptors (Lipinski definition) is 4. The average Bonchev–Trinajstić information content (AvgIpc) is 2.93. The van der Waals surface area contributed by atoms with Crippen LogP contribution in [0.4, 0.5) is 0 Å². The third-order valence-corrected chi connectivity index (χ3v) is 5.07. The predicted molar refractivity (Wildman–Crippen MR) is 89.6 cm³/mol. The van der Waals surface area contributed by atoms with Crippen molar-refractivity contribution < 1.29 is 4.74 Å². The van der Waals surface area contributed by atoms with Crippen molar-refractivity contribution in [3.8, 4) is 11.3 Å². The fourth-order valence-corrected chi connectivity index (χ4v) is 3.60. The molecule has 2 aromatic rings. The highest BCUT2D eigenvalue weighted by Crippen LogP contribution is 2.37. The van der Waals surface area contributed by atoms with Gasteiger partial charge in [0.2, 0.25) is 0 Å². The Balaban J connectivity index is 2.46. The first-order chi connectivity index (χ1) is 10.1. The van der Waals surface area contributed by atoms with Crippen molar-refractivity contribution in [2.24, 2.45) is 5.73 Å². The van der Waals surface area contributed by atoms with Gasteiger partial charge in [-0.15, -0.1) is 11.3 Å². The Morgan fingerprint density at radius 1 is 1.24 bits per heavy atom. The molecule has 0 amide bonds. The second-order valence-electron chi connectivity index (χ2n) is 5.21. The van der Waals surface area contributed by atoms with Crippen molar-refractivity contribution in [3.05, 3.63) is 40.2 Å². The third kappa shape index (κ3) is 3.51. The highest BCUT2D eigenvalue weighted by atomic mass is 32.1. The van der Waals surface area contributed by atoms with E-state index < -0.39 is 0 Å². The molecule has 1 aromatic carbocycles. The predicted octanol–water partition coefficient (Wildman–Crippen LogP) is 3.97. The van der Waals surface area contributed by atoms with Crippen LogP contribution in [0.3, 0.4) is 0 Å². The highest BCUT2D eigenvalue weighted by molar-refractivity contribution is 7.12. The lowest BCUT2D eigenvalue weighted by atomic mass is 10.0. The van der Waals surface area contributed by atoms with Gasteiger partial charge in [-0.05, 0) is 33.2 Å². The Labute approximate surface area is 131 Å². The summed E-state index contributed by atoms with van der Waals surface area (Å²) in [7, 11) is 0. The smallest absolute Gasteiger partial charge is 0.125 e. The molecule has 0 spiro atoms. The molecule has 21 heavy (non-hydrogen) atoms. The van der Waals surface area contributed by atoms with Crippen LogP contribution in [-0.2, 0) is 16.8 Å². The molecule has 0 fully saturated rings. The molecule has 3 nitrogen and oxygen atoms in total. The fraction of sp³-hybridized carbons (Fsp3) is 0.471. The summed E-state index contributed by atoms with van der Waals surface area (Å²) < 4.78 is 5.96. The van der Waals surface area contributed by atoms with E-state index >= 15 is 0 Å². The lowest BCUT2D eigenvalue weighted by Crippen LogP contribution is -2.24. The first-order valence-corrected chi connectivity index (χ1v) is 8.36. The Morgan fingerprint density at radius 2 is 1.95 bits per heavy atom. The molecule has 2 N–H and O–H groups in total. The van der Waals surface area contributed by atoms with Crippen LogP contribution in [-0.4, -0.2) is 18.1 Å². The first kappa shape index (κ1) is 16.1. The Bertz CT molecular complexity index is 567. The second-order valence-corrected chi connectivity index (χ2v) is 6.30. The molecule has 2 rings (SSSR count). The monoisotopic (exact) mass is 304 g/mol. The van der Waals surface area contributed by atoms with Gasteiger partial charge in [-0.1, -0.05) is 37.3 Å². The van der Waals surface area contributed by atoms with Gasteiger partial charge in [0.1, 0.15) is 10.6 Å². The zero-order valence-corrected chi connectivity index (χ0v) is 13.9. The zero-order chi connectivity index (χ0) is 15.3. The van der Waals surface area contributed by atoms with Gasteiger partial charge in [-0.3, -0.25) is 0 Å². The minimum Gasteiger partial charge on any atom is -0.368 e. The van der Waals surface area contributed by atoms with Crippen LogP contribution in [0, 0.1) is 0 Å². The molecule has 4 heteroatoms. The summed E-state index contributed by atoms with van der Waals surface area (Å²) in [6, 6.07) is 10.3. The number of ether oxygens (including phenoxy) is 1. The highest BCUT2D eigenvalue weighted by Gasteiger charge is 2.30. The molecule has 0 aliphatic heterocycles. The van der Waals surface area contributed by atoms with Gasteiger partial charge in [-0.25, -0.2) is 4.98 Å². The van der Waals surface area contributed by atoms with E-state index in [-0.39, 0.29) is 5.60 Å². The van der Waals surface area contributed by atoms with E-state index in [1.54, 1.807) is 11.3 Å². The van der Waals surface area contributed by atoms with Crippen LogP contribution in [0.5, 0.6) is 0 Å². The lowest BCUT2D eigenvalue weighted by molar-refractivity contribution is -0.0324.